The van der Waals surface area contributed by atoms with Crippen LogP contribution in [0.4, 0.5) is 5.69 Å². The molecule has 0 atom stereocenters. The molecule has 0 spiro atoms. The van der Waals surface area contributed by atoms with Crippen molar-refractivity contribution in [3.63, 3.8) is 0 Å². The second-order valence-corrected chi connectivity index (χ2v) is 7.90. The molecule has 1 aliphatic carbocycles. The largest absolute Gasteiger partial charge is 0.493 e. The maximum Gasteiger partial charge on any atom is 0.235 e. The predicted molar refractivity (Wildman–Crippen MR) is 112 cm³/mol. The van der Waals surface area contributed by atoms with Gasteiger partial charge in [-0.1, -0.05) is 49.6 Å². The summed E-state index contributed by atoms with van der Waals surface area (Å²) in [7, 11) is 0. The molecule has 1 amide bonds. The van der Waals surface area contributed by atoms with E-state index in [2.05, 4.69) is 43.4 Å². The monoisotopic (exact) mass is 365 g/mol. The number of anilines is 1. The molecule has 0 saturated heterocycles. The van der Waals surface area contributed by atoms with Crippen LogP contribution in [0.15, 0.2) is 36.4 Å². The lowest BCUT2D eigenvalue weighted by atomic mass is 9.77. The minimum atomic E-state index is -0.411. The van der Waals surface area contributed by atoms with Gasteiger partial charge in [-0.25, -0.2) is 0 Å². The van der Waals surface area contributed by atoms with E-state index in [9.17, 15) is 4.79 Å². The average Bonchev–Trinajstić information content (AvgIpc) is 3.12. The van der Waals surface area contributed by atoms with Crippen LogP contribution in [0.2, 0.25) is 0 Å². The molecule has 2 aromatic rings. The van der Waals surface area contributed by atoms with Gasteiger partial charge >= 0.3 is 0 Å². The molecule has 1 aliphatic rings. The third-order valence-corrected chi connectivity index (χ3v) is 5.63. The first-order valence-corrected chi connectivity index (χ1v) is 10.1. The Labute approximate surface area is 163 Å². The van der Waals surface area contributed by atoms with Gasteiger partial charge in [-0.05, 0) is 68.9 Å². The van der Waals surface area contributed by atoms with Crippen LogP contribution in [-0.2, 0) is 10.2 Å². The Morgan fingerprint density at radius 2 is 1.74 bits per heavy atom. The number of carbonyl (C=O) groups is 1. The van der Waals surface area contributed by atoms with Gasteiger partial charge in [0.05, 0.1) is 12.0 Å². The minimum Gasteiger partial charge on any atom is -0.493 e. The Morgan fingerprint density at radius 3 is 2.33 bits per heavy atom. The third kappa shape index (κ3) is 4.02. The fraction of sp³-hybridized carbons (Fsp3) is 0.458. The van der Waals surface area contributed by atoms with Crippen molar-refractivity contribution in [2.24, 2.45) is 0 Å². The van der Waals surface area contributed by atoms with E-state index in [-0.39, 0.29) is 5.91 Å². The molecule has 3 nitrogen and oxygen atoms in total. The summed E-state index contributed by atoms with van der Waals surface area (Å²) in [5.41, 5.74) is 4.93. The Balaban J connectivity index is 1.87. The van der Waals surface area contributed by atoms with E-state index in [1.54, 1.807) is 0 Å². The van der Waals surface area contributed by atoms with E-state index in [4.69, 9.17) is 4.74 Å². The van der Waals surface area contributed by atoms with Gasteiger partial charge in [0.1, 0.15) is 5.75 Å². The maximum absolute atomic E-state index is 13.4. The summed E-state index contributed by atoms with van der Waals surface area (Å²) in [4.78, 5) is 13.4. The van der Waals surface area contributed by atoms with Crippen LogP contribution in [-0.4, -0.2) is 12.5 Å². The molecule has 0 radical (unpaired) electrons. The first-order valence-electron chi connectivity index (χ1n) is 10.1. The molecule has 1 fully saturated rings. The van der Waals surface area contributed by atoms with E-state index < -0.39 is 5.41 Å². The Bertz CT molecular complexity index is 796. The Kier molecular flexibility index (Phi) is 5.88. The molecular weight excluding hydrogens is 334 g/mol. The van der Waals surface area contributed by atoms with Gasteiger partial charge in [0, 0.05) is 5.69 Å². The first kappa shape index (κ1) is 19.5. The van der Waals surface area contributed by atoms with E-state index in [1.165, 1.54) is 5.56 Å². The number of rotatable bonds is 6. The van der Waals surface area contributed by atoms with Crippen LogP contribution >= 0.6 is 0 Å². The van der Waals surface area contributed by atoms with Crippen molar-refractivity contribution in [3.8, 4) is 5.75 Å². The number of nitrogens with one attached hydrogen (secondary N) is 1. The number of ether oxygens (including phenoxy) is 1. The molecule has 0 unspecified atom stereocenters. The van der Waals surface area contributed by atoms with Gasteiger partial charge in [-0.15, -0.1) is 0 Å². The lowest BCUT2D eigenvalue weighted by molar-refractivity contribution is -0.121. The van der Waals surface area contributed by atoms with Crippen molar-refractivity contribution in [2.45, 2.75) is 65.2 Å². The average molecular weight is 366 g/mol. The lowest BCUT2D eigenvalue weighted by Crippen LogP contribution is -2.38. The van der Waals surface area contributed by atoms with Crippen LogP contribution in [0.25, 0.3) is 0 Å². The molecule has 3 rings (SSSR count). The fourth-order valence-corrected chi connectivity index (χ4v) is 4.27. The van der Waals surface area contributed by atoms with Gasteiger partial charge in [-0.3, -0.25) is 4.79 Å². The molecular formula is C24H31NO2. The zero-order valence-corrected chi connectivity index (χ0v) is 17.0. The summed E-state index contributed by atoms with van der Waals surface area (Å²) in [5.74, 6) is 1.05. The van der Waals surface area contributed by atoms with Crippen molar-refractivity contribution < 1.29 is 9.53 Å². The molecule has 0 aliphatic heterocycles. The number of carbonyl (C=O) groups excluding carboxylic acids is 1. The number of aryl methyl sites for hydroxylation is 3. The fourth-order valence-electron chi connectivity index (χ4n) is 4.27. The topological polar surface area (TPSA) is 38.3 Å². The zero-order chi connectivity index (χ0) is 19.4. The smallest absolute Gasteiger partial charge is 0.235 e. The van der Waals surface area contributed by atoms with Crippen molar-refractivity contribution in [1.82, 2.24) is 0 Å². The van der Waals surface area contributed by atoms with Crippen molar-refractivity contribution >= 4 is 11.6 Å². The minimum absolute atomic E-state index is 0.117. The molecule has 0 heterocycles. The Hall–Kier alpha value is -2.29. The molecule has 3 heteroatoms. The van der Waals surface area contributed by atoms with Crippen LogP contribution in [0.3, 0.4) is 0 Å². The van der Waals surface area contributed by atoms with Gasteiger partial charge < -0.3 is 10.1 Å². The molecule has 1 saturated carbocycles. The zero-order valence-electron chi connectivity index (χ0n) is 17.0. The third-order valence-electron chi connectivity index (χ3n) is 5.63. The molecule has 27 heavy (non-hydrogen) atoms. The first-order chi connectivity index (χ1) is 13.0. The predicted octanol–water partition coefficient (Wildman–Crippen LogP) is 5.85. The molecule has 2 aromatic carbocycles. The number of benzene rings is 2. The number of hydrogen-bond donors (Lipinski definition) is 1. The highest BCUT2D eigenvalue weighted by Crippen LogP contribution is 2.42. The highest BCUT2D eigenvalue weighted by Gasteiger charge is 2.42. The molecule has 1 N–H and O–H groups in total. The molecule has 0 bridgehead atoms. The van der Waals surface area contributed by atoms with Crippen LogP contribution in [0.1, 0.15) is 61.3 Å². The molecule has 0 aromatic heterocycles. The summed E-state index contributed by atoms with van der Waals surface area (Å²) in [5, 5.41) is 3.21. The summed E-state index contributed by atoms with van der Waals surface area (Å²) in [6.07, 6.45) is 5.01. The SMILES string of the molecule is CCCOc1c(C)cc(NC(=O)C2(c3cccc(C)c3)CCCC2)cc1C. The van der Waals surface area contributed by atoms with Gasteiger partial charge in [0.25, 0.3) is 0 Å². The van der Waals surface area contributed by atoms with Crippen LogP contribution in [0.5, 0.6) is 5.75 Å². The van der Waals surface area contributed by atoms with E-state index >= 15 is 0 Å². The Morgan fingerprint density at radius 1 is 1.07 bits per heavy atom. The second kappa shape index (κ2) is 8.16. The summed E-state index contributed by atoms with van der Waals surface area (Å²) >= 11 is 0. The summed E-state index contributed by atoms with van der Waals surface area (Å²) in [6, 6.07) is 12.5. The van der Waals surface area contributed by atoms with Crippen molar-refractivity contribution in [2.75, 3.05) is 11.9 Å². The van der Waals surface area contributed by atoms with Crippen LogP contribution in [0, 0.1) is 20.8 Å². The number of hydrogen-bond acceptors (Lipinski definition) is 2. The van der Waals surface area contributed by atoms with Crippen molar-refractivity contribution in [3.05, 3.63) is 58.7 Å². The summed E-state index contributed by atoms with van der Waals surface area (Å²) < 4.78 is 5.87. The van der Waals surface area contributed by atoms with Gasteiger partial charge in [0.15, 0.2) is 0 Å². The van der Waals surface area contributed by atoms with Crippen molar-refractivity contribution in [1.29, 1.82) is 0 Å². The van der Waals surface area contributed by atoms with Crippen LogP contribution < -0.4 is 10.1 Å². The van der Waals surface area contributed by atoms with Gasteiger partial charge in [0.2, 0.25) is 5.91 Å². The highest BCUT2D eigenvalue weighted by molar-refractivity contribution is 5.99. The van der Waals surface area contributed by atoms with E-state index in [1.807, 2.05) is 26.0 Å². The highest BCUT2D eigenvalue weighted by atomic mass is 16.5. The molecule has 144 valence electrons. The second-order valence-electron chi connectivity index (χ2n) is 7.90. The normalized spacial score (nSPS) is 15.6. The quantitative estimate of drug-likeness (QED) is 0.697. The van der Waals surface area contributed by atoms with E-state index in [0.29, 0.717) is 6.61 Å². The van der Waals surface area contributed by atoms with Gasteiger partial charge in [-0.2, -0.15) is 0 Å². The summed E-state index contributed by atoms with van der Waals surface area (Å²) in [6.45, 7) is 8.99. The maximum atomic E-state index is 13.4. The number of amides is 1. The lowest BCUT2D eigenvalue weighted by Gasteiger charge is -2.29. The standard InChI is InChI=1S/C24H31NO2/c1-5-13-27-22-18(3)15-21(16-19(22)4)25-23(26)24(11-6-7-12-24)20-10-8-9-17(2)14-20/h8-10,14-16H,5-7,11-13H2,1-4H3,(H,25,26). The van der Waals surface area contributed by atoms with E-state index in [0.717, 1.165) is 60.2 Å².